The van der Waals surface area contributed by atoms with Gasteiger partial charge in [0.1, 0.15) is 0 Å². The molecule has 0 bridgehead atoms. The molecule has 4 heterocycles. The van der Waals surface area contributed by atoms with Crippen molar-refractivity contribution < 1.29 is 0 Å². The van der Waals surface area contributed by atoms with E-state index in [1.807, 2.05) is 52.8 Å². The fourth-order valence-corrected chi connectivity index (χ4v) is 3.98. The van der Waals surface area contributed by atoms with E-state index in [1.54, 1.807) is 0 Å². The summed E-state index contributed by atoms with van der Waals surface area (Å²) in [4.78, 5) is 2.49. The average molecular weight is 373 g/mol. The molecule has 1 aliphatic heterocycles. The number of rotatable bonds is 4. The molecule has 0 atom stereocenters. The van der Waals surface area contributed by atoms with Crippen LogP contribution < -0.4 is 0 Å². The van der Waals surface area contributed by atoms with Crippen LogP contribution in [0.4, 0.5) is 0 Å². The van der Waals surface area contributed by atoms with E-state index >= 15 is 0 Å². The summed E-state index contributed by atoms with van der Waals surface area (Å²) in [6, 6.07) is 14.3. The smallest absolute Gasteiger partial charge is 0.177 e. The lowest BCUT2D eigenvalue weighted by Gasteiger charge is -2.30. The Morgan fingerprint density at radius 1 is 1.00 bits per heavy atom. The van der Waals surface area contributed by atoms with Crippen molar-refractivity contribution in [2.24, 2.45) is 7.05 Å². The molecular formula is C21H23N7. The van der Waals surface area contributed by atoms with E-state index < -0.39 is 0 Å². The van der Waals surface area contributed by atoms with Crippen molar-refractivity contribution in [1.82, 2.24) is 34.5 Å². The maximum Gasteiger partial charge on any atom is 0.177 e. The van der Waals surface area contributed by atoms with Gasteiger partial charge in [0.2, 0.25) is 0 Å². The molecule has 7 nitrogen and oxygen atoms in total. The van der Waals surface area contributed by atoms with Gasteiger partial charge in [-0.2, -0.15) is 14.7 Å². The Kier molecular flexibility index (Phi) is 4.37. The Hall–Kier alpha value is -3.06. The number of hydrogen-bond donors (Lipinski definition) is 0. The Balaban J connectivity index is 1.34. The topological polar surface area (TPSA) is 64.1 Å². The molecule has 0 spiro atoms. The third-order valence-corrected chi connectivity index (χ3v) is 5.47. The Bertz CT molecular complexity index is 1070. The molecule has 1 aliphatic rings. The second kappa shape index (κ2) is 7.16. The molecule has 28 heavy (non-hydrogen) atoms. The average Bonchev–Trinajstić information content (AvgIpc) is 3.35. The van der Waals surface area contributed by atoms with Crippen molar-refractivity contribution in [1.29, 1.82) is 0 Å². The van der Waals surface area contributed by atoms with Crippen LogP contribution in [0.5, 0.6) is 0 Å². The lowest BCUT2D eigenvalue weighted by molar-refractivity contribution is 0.201. The van der Waals surface area contributed by atoms with Gasteiger partial charge in [0.15, 0.2) is 11.5 Å². The molecule has 0 radical (unpaired) electrons. The SMILES string of the molecule is Cn1cc(CN2CCC(c3nnc4ccc(-c5ccccc5)nn34)CC2)cn1. The van der Waals surface area contributed by atoms with Gasteiger partial charge in [0.05, 0.1) is 11.9 Å². The molecule has 7 heteroatoms. The first-order valence-electron chi connectivity index (χ1n) is 9.74. The van der Waals surface area contributed by atoms with Gasteiger partial charge in [0, 0.05) is 36.8 Å². The van der Waals surface area contributed by atoms with Gasteiger partial charge >= 0.3 is 0 Å². The summed E-state index contributed by atoms with van der Waals surface area (Å²) in [7, 11) is 1.96. The van der Waals surface area contributed by atoms with E-state index in [9.17, 15) is 0 Å². The largest absolute Gasteiger partial charge is 0.299 e. The Morgan fingerprint density at radius 3 is 2.57 bits per heavy atom. The second-order valence-corrected chi connectivity index (χ2v) is 7.49. The zero-order valence-corrected chi connectivity index (χ0v) is 15.9. The summed E-state index contributed by atoms with van der Waals surface area (Å²) in [6.45, 7) is 3.05. The van der Waals surface area contributed by atoms with Gasteiger partial charge in [-0.25, -0.2) is 0 Å². The van der Waals surface area contributed by atoms with Crippen molar-refractivity contribution in [2.75, 3.05) is 13.1 Å². The highest BCUT2D eigenvalue weighted by molar-refractivity contribution is 5.59. The van der Waals surface area contributed by atoms with Crippen LogP contribution in [-0.4, -0.2) is 47.6 Å². The Morgan fingerprint density at radius 2 is 1.82 bits per heavy atom. The van der Waals surface area contributed by atoms with E-state index in [0.717, 1.165) is 55.2 Å². The lowest BCUT2D eigenvalue weighted by Crippen LogP contribution is -2.33. The van der Waals surface area contributed by atoms with Crippen LogP contribution in [0.1, 0.15) is 30.1 Å². The molecule has 0 amide bonds. The number of aromatic nitrogens is 6. The number of fused-ring (bicyclic) bond motifs is 1. The van der Waals surface area contributed by atoms with Crippen LogP contribution in [0, 0.1) is 0 Å². The summed E-state index contributed by atoms with van der Waals surface area (Å²) in [5.41, 5.74) is 4.13. The minimum atomic E-state index is 0.388. The quantitative estimate of drug-likeness (QED) is 0.550. The maximum atomic E-state index is 4.84. The third-order valence-electron chi connectivity index (χ3n) is 5.47. The van der Waals surface area contributed by atoms with E-state index in [4.69, 9.17) is 5.10 Å². The van der Waals surface area contributed by atoms with Crippen molar-refractivity contribution in [3.05, 3.63) is 66.2 Å². The second-order valence-electron chi connectivity index (χ2n) is 7.49. The molecule has 5 rings (SSSR count). The van der Waals surface area contributed by atoms with Gasteiger partial charge < -0.3 is 0 Å². The highest BCUT2D eigenvalue weighted by Gasteiger charge is 2.25. The first kappa shape index (κ1) is 17.1. The van der Waals surface area contributed by atoms with Gasteiger partial charge in [0.25, 0.3) is 0 Å². The van der Waals surface area contributed by atoms with Crippen LogP contribution in [0.2, 0.25) is 0 Å². The molecule has 1 saturated heterocycles. The van der Waals surface area contributed by atoms with Crippen LogP contribution in [0.15, 0.2) is 54.9 Å². The number of likely N-dealkylation sites (tertiary alicyclic amines) is 1. The van der Waals surface area contributed by atoms with Gasteiger partial charge in [-0.05, 0) is 38.1 Å². The first-order valence-corrected chi connectivity index (χ1v) is 9.74. The zero-order chi connectivity index (χ0) is 18.9. The fraction of sp³-hybridized carbons (Fsp3) is 0.333. The number of benzene rings is 1. The number of piperidine rings is 1. The predicted molar refractivity (Wildman–Crippen MR) is 107 cm³/mol. The molecule has 0 saturated carbocycles. The molecule has 3 aromatic heterocycles. The third kappa shape index (κ3) is 3.29. The van der Waals surface area contributed by atoms with Gasteiger partial charge in [-0.15, -0.1) is 10.2 Å². The molecule has 0 N–H and O–H groups in total. The number of aryl methyl sites for hydroxylation is 1. The van der Waals surface area contributed by atoms with E-state index in [-0.39, 0.29) is 0 Å². The molecule has 1 fully saturated rings. The lowest BCUT2D eigenvalue weighted by atomic mass is 9.96. The zero-order valence-electron chi connectivity index (χ0n) is 15.9. The minimum Gasteiger partial charge on any atom is -0.299 e. The normalized spacial score (nSPS) is 16.0. The van der Waals surface area contributed by atoms with Crippen molar-refractivity contribution in [2.45, 2.75) is 25.3 Å². The number of nitrogens with zero attached hydrogens (tertiary/aromatic N) is 7. The van der Waals surface area contributed by atoms with Crippen molar-refractivity contribution in [3.8, 4) is 11.3 Å². The predicted octanol–water partition coefficient (Wildman–Crippen LogP) is 2.90. The molecule has 0 unspecified atom stereocenters. The summed E-state index contributed by atoms with van der Waals surface area (Å²) in [5.74, 6) is 1.37. The monoisotopic (exact) mass is 373 g/mol. The van der Waals surface area contributed by atoms with Crippen LogP contribution in [0.25, 0.3) is 16.9 Å². The molecular weight excluding hydrogens is 350 g/mol. The van der Waals surface area contributed by atoms with Crippen molar-refractivity contribution >= 4 is 5.65 Å². The maximum absolute atomic E-state index is 4.84. The van der Waals surface area contributed by atoms with Crippen LogP contribution in [0.3, 0.4) is 0 Å². The van der Waals surface area contributed by atoms with Crippen molar-refractivity contribution in [3.63, 3.8) is 0 Å². The standard InChI is InChI=1S/C21H23N7/c1-26-14-16(13-22-26)15-27-11-9-18(10-12-27)21-24-23-20-8-7-19(25-28(20)21)17-5-3-2-4-6-17/h2-8,13-14,18H,9-12,15H2,1H3. The highest BCUT2D eigenvalue weighted by Crippen LogP contribution is 2.28. The molecule has 0 aliphatic carbocycles. The fourth-order valence-electron chi connectivity index (χ4n) is 3.98. The first-order chi connectivity index (χ1) is 13.8. The highest BCUT2D eigenvalue weighted by atomic mass is 15.4. The van der Waals surface area contributed by atoms with Gasteiger partial charge in [-0.1, -0.05) is 30.3 Å². The molecule has 4 aromatic rings. The van der Waals surface area contributed by atoms with Gasteiger partial charge in [-0.3, -0.25) is 9.58 Å². The van der Waals surface area contributed by atoms with E-state index in [0.29, 0.717) is 5.92 Å². The summed E-state index contributed by atoms with van der Waals surface area (Å²) < 4.78 is 3.80. The summed E-state index contributed by atoms with van der Waals surface area (Å²) in [5, 5.41) is 17.9. The Labute approximate surface area is 163 Å². The summed E-state index contributed by atoms with van der Waals surface area (Å²) in [6.07, 6.45) is 6.18. The van der Waals surface area contributed by atoms with E-state index in [1.165, 1.54) is 5.56 Å². The van der Waals surface area contributed by atoms with E-state index in [2.05, 4.69) is 38.5 Å². The summed E-state index contributed by atoms with van der Waals surface area (Å²) >= 11 is 0. The van der Waals surface area contributed by atoms with Crippen LogP contribution >= 0.6 is 0 Å². The molecule has 1 aromatic carbocycles. The number of hydrogen-bond acceptors (Lipinski definition) is 5. The molecule has 142 valence electrons. The minimum absolute atomic E-state index is 0.388. The van der Waals surface area contributed by atoms with Crippen LogP contribution in [-0.2, 0) is 13.6 Å².